The molecule has 2 nitrogen and oxygen atoms in total. The van der Waals surface area contributed by atoms with E-state index < -0.39 is 6.00 Å². The first-order valence-corrected chi connectivity index (χ1v) is 8.42. The van der Waals surface area contributed by atoms with E-state index in [2.05, 4.69) is 4.74 Å². The Labute approximate surface area is 80.9 Å². The van der Waals surface area contributed by atoms with Crippen LogP contribution in [0.5, 0.6) is 0 Å². The first-order chi connectivity index (χ1) is 4.95. The van der Waals surface area contributed by atoms with E-state index in [0.717, 1.165) is 0 Å². The van der Waals surface area contributed by atoms with Crippen molar-refractivity contribution in [1.82, 2.24) is 0 Å². The summed E-state index contributed by atoms with van der Waals surface area (Å²) >= 11 is 16.6. The van der Waals surface area contributed by atoms with Gasteiger partial charge in [-0.25, -0.2) is 0 Å². The molecule has 0 N–H and O–H groups in total. The van der Waals surface area contributed by atoms with Crippen LogP contribution in [0.4, 0.5) is 0 Å². The molecule has 0 amide bonds. The summed E-state index contributed by atoms with van der Waals surface area (Å²) in [5, 5.41) is 0. The average molecular weight is 236 g/mol. The number of carbonyl (C=O) groups is 1. The van der Waals surface area contributed by atoms with E-state index in [4.69, 9.17) is 33.2 Å². The number of halogens is 3. The molecule has 0 radical (unpaired) electrons. The minimum atomic E-state index is -2.63. The normalized spacial score (nSPS) is 11.3. The molecule has 0 unspecified atom stereocenters. The van der Waals surface area contributed by atoms with Crippen molar-refractivity contribution in [3.63, 3.8) is 0 Å². The molecule has 6 heteroatoms. The van der Waals surface area contributed by atoms with Crippen molar-refractivity contribution in [2.45, 2.75) is 19.4 Å². The number of esters is 1. The predicted molar refractivity (Wildman–Crippen MR) is 49.4 cm³/mol. The van der Waals surface area contributed by atoms with Crippen molar-refractivity contribution < 1.29 is 9.53 Å². The summed E-state index contributed by atoms with van der Waals surface area (Å²) < 4.78 is 4.64. The summed E-state index contributed by atoms with van der Waals surface area (Å²) in [6.45, 7) is 2.12. The second-order valence-corrected chi connectivity index (χ2v) is 11.2. The van der Waals surface area contributed by atoms with Crippen LogP contribution in [-0.4, -0.2) is 18.6 Å². The van der Waals surface area contributed by atoms with Gasteiger partial charge in [0.2, 0.25) is 0 Å². The lowest BCUT2D eigenvalue weighted by atomic mass is 10.5. The second kappa shape index (κ2) is 5.25. The zero-order chi connectivity index (χ0) is 8.91. The number of hydrogen-bond donors (Lipinski definition) is 0. The van der Waals surface area contributed by atoms with Crippen LogP contribution in [0, 0.1) is 0 Å². The fraction of sp³-hybridized carbons (Fsp3) is 0.800. The van der Waals surface area contributed by atoms with E-state index in [1.807, 2.05) is 0 Å². The zero-order valence-electron chi connectivity index (χ0n) is 6.07. The molecular weight excluding hydrogens is 226 g/mol. The van der Waals surface area contributed by atoms with Crippen LogP contribution in [0.2, 0.25) is 6.04 Å². The Bertz CT molecular complexity index is 134. The molecule has 0 heterocycles. The molecule has 0 aliphatic rings. The maximum absolute atomic E-state index is 10.7. The van der Waals surface area contributed by atoms with Gasteiger partial charge in [0.05, 0.1) is 6.61 Å². The standard InChI is InChI=1S/C5H9Cl3O2Si/c1-2-10-5(9)3-4-11(6,7)8/h2-4H2,1H3. The summed E-state index contributed by atoms with van der Waals surface area (Å²) in [5.74, 6) is -0.300. The maximum atomic E-state index is 10.7. The molecule has 0 spiro atoms. The summed E-state index contributed by atoms with van der Waals surface area (Å²) in [4.78, 5) is 10.7. The highest BCUT2D eigenvalue weighted by Gasteiger charge is 2.25. The minimum absolute atomic E-state index is 0.205. The number of hydrogen-bond acceptors (Lipinski definition) is 2. The van der Waals surface area contributed by atoms with Gasteiger partial charge in [0.15, 0.2) is 0 Å². The predicted octanol–water partition coefficient (Wildman–Crippen LogP) is 2.59. The van der Waals surface area contributed by atoms with Crippen LogP contribution in [-0.2, 0) is 9.53 Å². The van der Waals surface area contributed by atoms with Gasteiger partial charge >= 0.3 is 12.0 Å². The highest BCUT2D eigenvalue weighted by molar-refractivity contribution is 7.64. The summed E-state index contributed by atoms with van der Waals surface area (Å²) in [6.07, 6.45) is 0.205. The Morgan fingerprint density at radius 2 is 2.00 bits per heavy atom. The lowest BCUT2D eigenvalue weighted by Crippen LogP contribution is -2.13. The molecule has 0 rings (SSSR count). The Kier molecular flexibility index (Phi) is 5.51. The van der Waals surface area contributed by atoms with Crippen molar-refractivity contribution in [1.29, 1.82) is 0 Å². The topological polar surface area (TPSA) is 26.3 Å². The molecule has 0 aromatic rings. The SMILES string of the molecule is CCOC(=O)CC[Si](Cl)(Cl)Cl. The monoisotopic (exact) mass is 234 g/mol. The van der Waals surface area contributed by atoms with Crippen LogP contribution in [0.15, 0.2) is 0 Å². The van der Waals surface area contributed by atoms with E-state index >= 15 is 0 Å². The van der Waals surface area contributed by atoms with Crippen LogP contribution < -0.4 is 0 Å². The lowest BCUT2D eigenvalue weighted by Gasteiger charge is -2.05. The Morgan fingerprint density at radius 1 is 1.45 bits per heavy atom. The first kappa shape index (κ1) is 11.6. The van der Waals surface area contributed by atoms with Crippen molar-refractivity contribution in [3.05, 3.63) is 0 Å². The van der Waals surface area contributed by atoms with Gasteiger partial charge in [0, 0.05) is 6.42 Å². The summed E-state index contributed by atoms with van der Waals surface area (Å²) in [5.41, 5.74) is 0. The van der Waals surface area contributed by atoms with E-state index in [9.17, 15) is 4.79 Å². The molecule has 0 aliphatic carbocycles. The van der Waals surface area contributed by atoms with E-state index in [-0.39, 0.29) is 12.4 Å². The molecule has 0 aromatic heterocycles. The van der Waals surface area contributed by atoms with Crippen LogP contribution in [0.1, 0.15) is 13.3 Å². The van der Waals surface area contributed by atoms with Crippen LogP contribution in [0.3, 0.4) is 0 Å². The molecule has 0 fully saturated rings. The molecule has 0 atom stereocenters. The smallest absolute Gasteiger partial charge is 0.341 e. The average Bonchev–Trinajstić information content (AvgIpc) is 1.83. The molecule has 66 valence electrons. The minimum Gasteiger partial charge on any atom is -0.466 e. The van der Waals surface area contributed by atoms with Gasteiger partial charge in [-0.1, -0.05) is 0 Å². The van der Waals surface area contributed by atoms with Crippen molar-refractivity contribution in [2.75, 3.05) is 6.61 Å². The Hall–Kier alpha value is 0.557. The highest BCUT2D eigenvalue weighted by Crippen LogP contribution is 2.26. The van der Waals surface area contributed by atoms with Crippen molar-refractivity contribution in [2.24, 2.45) is 0 Å². The molecule has 11 heavy (non-hydrogen) atoms. The quantitative estimate of drug-likeness (QED) is 0.425. The maximum Gasteiger partial charge on any atom is 0.341 e. The Balaban J connectivity index is 3.46. The number of ether oxygens (including phenoxy) is 1. The van der Waals surface area contributed by atoms with Crippen molar-refractivity contribution >= 4 is 45.2 Å². The second-order valence-electron chi connectivity index (χ2n) is 1.92. The third-order valence-corrected chi connectivity index (χ3v) is 3.44. The van der Waals surface area contributed by atoms with Gasteiger partial charge in [-0.15, -0.1) is 33.2 Å². The number of carbonyl (C=O) groups excluding carboxylic acids is 1. The van der Waals surface area contributed by atoms with E-state index in [1.165, 1.54) is 0 Å². The van der Waals surface area contributed by atoms with E-state index in [1.54, 1.807) is 6.92 Å². The lowest BCUT2D eigenvalue weighted by molar-refractivity contribution is -0.142. The molecular formula is C5H9Cl3O2Si. The molecule has 0 saturated heterocycles. The van der Waals surface area contributed by atoms with Gasteiger partial charge in [-0.05, 0) is 13.0 Å². The van der Waals surface area contributed by atoms with Gasteiger partial charge in [0.1, 0.15) is 0 Å². The third-order valence-electron chi connectivity index (χ3n) is 0.918. The molecule has 0 aromatic carbocycles. The van der Waals surface area contributed by atoms with Crippen LogP contribution in [0.25, 0.3) is 0 Å². The molecule has 0 saturated carbocycles. The third kappa shape index (κ3) is 8.46. The zero-order valence-corrected chi connectivity index (χ0v) is 9.34. The van der Waals surface area contributed by atoms with Crippen LogP contribution >= 0.6 is 33.2 Å². The van der Waals surface area contributed by atoms with Gasteiger partial charge in [0.25, 0.3) is 0 Å². The van der Waals surface area contributed by atoms with Gasteiger partial charge < -0.3 is 4.74 Å². The Morgan fingerprint density at radius 3 is 2.36 bits per heavy atom. The summed E-state index contributed by atoms with van der Waals surface area (Å²) in [7, 11) is 0. The van der Waals surface area contributed by atoms with E-state index in [0.29, 0.717) is 12.7 Å². The van der Waals surface area contributed by atoms with Crippen molar-refractivity contribution in [3.8, 4) is 0 Å². The highest BCUT2D eigenvalue weighted by atomic mass is 35.8. The van der Waals surface area contributed by atoms with Gasteiger partial charge in [-0.2, -0.15) is 0 Å². The first-order valence-electron chi connectivity index (χ1n) is 3.18. The summed E-state index contributed by atoms with van der Waals surface area (Å²) in [6, 6.07) is -2.30. The fourth-order valence-electron chi connectivity index (χ4n) is 0.477. The molecule has 0 bridgehead atoms. The fourth-order valence-corrected chi connectivity index (χ4v) is 1.81. The molecule has 0 aliphatic heterocycles. The van der Waals surface area contributed by atoms with Gasteiger partial charge in [-0.3, -0.25) is 4.79 Å². The largest absolute Gasteiger partial charge is 0.466 e. The number of rotatable bonds is 4.